The van der Waals surface area contributed by atoms with Crippen molar-refractivity contribution in [1.82, 2.24) is 15.5 Å². The van der Waals surface area contributed by atoms with Gasteiger partial charge in [-0.25, -0.2) is 0 Å². The molecular formula is C10H17N3O3. The van der Waals surface area contributed by atoms with E-state index in [1.807, 2.05) is 13.8 Å². The van der Waals surface area contributed by atoms with Crippen molar-refractivity contribution >= 4 is 17.7 Å². The lowest BCUT2D eigenvalue weighted by atomic mass is 10.2. The van der Waals surface area contributed by atoms with E-state index < -0.39 is 17.9 Å². The SMILES string of the molecule is CC(C)NCC(=O)N1CC(=O)NC(=O)C1C. The van der Waals surface area contributed by atoms with Gasteiger partial charge in [0, 0.05) is 6.04 Å². The molecule has 0 bridgehead atoms. The van der Waals surface area contributed by atoms with Crippen molar-refractivity contribution in [3.63, 3.8) is 0 Å². The van der Waals surface area contributed by atoms with Gasteiger partial charge >= 0.3 is 0 Å². The summed E-state index contributed by atoms with van der Waals surface area (Å²) < 4.78 is 0. The van der Waals surface area contributed by atoms with Gasteiger partial charge in [0.25, 0.3) is 0 Å². The fourth-order valence-electron chi connectivity index (χ4n) is 1.41. The number of amides is 3. The standard InChI is InChI=1S/C10H17N3O3/c1-6(2)11-4-9(15)13-5-8(14)12-10(16)7(13)3/h6-7,11H,4-5H2,1-3H3,(H,12,14,16). The smallest absolute Gasteiger partial charge is 0.249 e. The van der Waals surface area contributed by atoms with Gasteiger partial charge in [-0.15, -0.1) is 0 Å². The number of hydrogen-bond acceptors (Lipinski definition) is 4. The highest BCUT2D eigenvalue weighted by Gasteiger charge is 2.33. The Hall–Kier alpha value is -1.43. The molecule has 0 aromatic heterocycles. The number of hydrogen-bond donors (Lipinski definition) is 2. The van der Waals surface area contributed by atoms with Crippen LogP contribution in [0.15, 0.2) is 0 Å². The third-order valence-electron chi connectivity index (χ3n) is 2.41. The normalized spacial score (nSPS) is 21.2. The number of nitrogens with zero attached hydrogens (tertiary/aromatic N) is 1. The van der Waals surface area contributed by atoms with E-state index in [1.165, 1.54) is 4.90 Å². The Labute approximate surface area is 94.4 Å². The van der Waals surface area contributed by atoms with Crippen LogP contribution in [0.3, 0.4) is 0 Å². The summed E-state index contributed by atoms with van der Waals surface area (Å²) in [7, 11) is 0. The molecule has 90 valence electrons. The third-order valence-corrected chi connectivity index (χ3v) is 2.41. The van der Waals surface area contributed by atoms with Crippen molar-refractivity contribution in [3.8, 4) is 0 Å². The average Bonchev–Trinajstić information content (AvgIpc) is 2.19. The predicted molar refractivity (Wildman–Crippen MR) is 57.5 cm³/mol. The lowest BCUT2D eigenvalue weighted by Crippen LogP contribution is -2.60. The van der Waals surface area contributed by atoms with Gasteiger partial charge in [-0.1, -0.05) is 13.8 Å². The second-order valence-corrected chi connectivity index (χ2v) is 4.15. The maximum absolute atomic E-state index is 11.7. The molecule has 1 heterocycles. The molecule has 0 radical (unpaired) electrons. The van der Waals surface area contributed by atoms with Crippen molar-refractivity contribution in [1.29, 1.82) is 0 Å². The summed E-state index contributed by atoms with van der Waals surface area (Å²) in [6, 6.07) is -0.396. The number of nitrogens with one attached hydrogen (secondary N) is 2. The number of carbonyl (C=O) groups excluding carboxylic acids is 3. The van der Waals surface area contributed by atoms with E-state index in [0.29, 0.717) is 0 Å². The number of imide groups is 1. The first-order chi connectivity index (χ1) is 7.41. The minimum absolute atomic E-state index is 0.0501. The van der Waals surface area contributed by atoms with Crippen LogP contribution in [-0.2, 0) is 14.4 Å². The number of piperazine rings is 1. The van der Waals surface area contributed by atoms with Gasteiger partial charge in [0.05, 0.1) is 6.54 Å². The molecule has 6 nitrogen and oxygen atoms in total. The van der Waals surface area contributed by atoms with Crippen LogP contribution in [0.4, 0.5) is 0 Å². The van der Waals surface area contributed by atoms with Crippen LogP contribution in [-0.4, -0.2) is 47.8 Å². The molecule has 1 fully saturated rings. The van der Waals surface area contributed by atoms with Crippen LogP contribution in [0.1, 0.15) is 20.8 Å². The molecule has 16 heavy (non-hydrogen) atoms. The van der Waals surface area contributed by atoms with Gasteiger partial charge < -0.3 is 10.2 Å². The van der Waals surface area contributed by atoms with Gasteiger partial charge in [-0.05, 0) is 6.92 Å². The van der Waals surface area contributed by atoms with Gasteiger partial charge in [0.15, 0.2) is 0 Å². The Bertz CT molecular complexity index is 314. The molecule has 1 aliphatic heterocycles. The molecular weight excluding hydrogens is 210 g/mol. The lowest BCUT2D eigenvalue weighted by molar-refractivity contribution is -0.148. The maximum Gasteiger partial charge on any atom is 0.249 e. The molecule has 0 aromatic carbocycles. The molecule has 1 aliphatic rings. The zero-order valence-corrected chi connectivity index (χ0v) is 9.74. The van der Waals surface area contributed by atoms with E-state index in [0.717, 1.165) is 0 Å². The summed E-state index contributed by atoms with van der Waals surface area (Å²) in [5, 5.41) is 5.15. The highest BCUT2D eigenvalue weighted by Crippen LogP contribution is 2.04. The molecule has 0 aromatic rings. The Morgan fingerprint density at radius 1 is 1.56 bits per heavy atom. The second kappa shape index (κ2) is 5.07. The van der Waals surface area contributed by atoms with Crippen molar-refractivity contribution in [2.24, 2.45) is 0 Å². The topological polar surface area (TPSA) is 78.5 Å². The Morgan fingerprint density at radius 3 is 2.75 bits per heavy atom. The summed E-state index contributed by atoms with van der Waals surface area (Å²) in [4.78, 5) is 35.5. The monoisotopic (exact) mass is 227 g/mol. The van der Waals surface area contributed by atoms with E-state index in [2.05, 4.69) is 10.6 Å². The van der Waals surface area contributed by atoms with E-state index in [4.69, 9.17) is 0 Å². The average molecular weight is 227 g/mol. The maximum atomic E-state index is 11.7. The second-order valence-electron chi connectivity index (χ2n) is 4.15. The van der Waals surface area contributed by atoms with Crippen LogP contribution in [0.25, 0.3) is 0 Å². The minimum Gasteiger partial charge on any atom is -0.321 e. The summed E-state index contributed by atoms with van der Waals surface area (Å²) >= 11 is 0. The fraction of sp³-hybridized carbons (Fsp3) is 0.700. The molecule has 0 spiro atoms. The first-order valence-electron chi connectivity index (χ1n) is 5.28. The first kappa shape index (κ1) is 12.6. The van der Waals surface area contributed by atoms with E-state index in [9.17, 15) is 14.4 Å². The summed E-state index contributed by atoms with van der Waals surface area (Å²) in [5.74, 6) is -1.08. The summed E-state index contributed by atoms with van der Waals surface area (Å²) in [5.41, 5.74) is 0. The van der Waals surface area contributed by atoms with E-state index in [1.54, 1.807) is 6.92 Å². The molecule has 6 heteroatoms. The molecule has 1 rings (SSSR count). The zero-order valence-electron chi connectivity index (χ0n) is 9.74. The largest absolute Gasteiger partial charge is 0.321 e. The number of rotatable bonds is 3. The van der Waals surface area contributed by atoms with Crippen LogP contribution in [0.2, 0.25) is 0 Å². The molecule has 2 N–H and O–H groups in total. The Kier molecular flexibility index (Phi) is 4.00. The highest BCUT2D eigenvalue weighted by atomic mass is 16.2. The summed E-state index contributed by atoms with van der Waals surface area (Å²) in [6.07, 6.45) is 0. The van der Waals surface area contributed by atoms with Crippen LogP contribution in [0, 0.1) is 0 Å². The number of carbonyl (C=O) groups is 3. The minimum atomic E-state index is -0.584. The van der Waals surface area contributed by atoms with Crippen molar-refractivity contribution in [2.45, 2.75) is 32.9 Å². The van der Waals surface area contributed by atoms with Crippen molar-refractivity contribution in [3.05, 3.63) is 0 Å². The van der Waals surface area contributed by atoms with Gasteiger partial charge in [0.2, 0.25) is 17.7 Å². The Balaban J connectivity index is 2.59. The molecule has 3 amide bonds. The molecule has 1 unspecified atom stereocenters. The Morgan fingerprint density at radius 2 is 2.19 bits per heavy atom. The van der Waals surface area contributed by atoms with Crippen LogP contribution >= 0.6 is 0 Å². The van der Waals surface area contributed by atoms with Crippen molar-refractivity contribution in [2.75, 3.05) is 13.1 Å². The molecule has 0 saturated carbocycles. The van der Waals surface area contributed by atoms with Gasteiger partial charge in [-0.2, -0.15) is 0 Å². The predicted octanol–water partition coefficient (Wildman–Crippen LogP) is -1.14. The molecule has 1 saturated heterocycles. The third kappa shape index (κ3) is 3.03. The van der Waals surface area contributed by atoms with E-state index >= 15 is 0 Å². The van der Waals surface area contributed by atoms with Gasteiger partial charge in [-0.3, -0.25) is 19.7 Å². The lowest BCUT2D eigenvalue weighted by Gasteiger charge is -2.31. The fourth-order valence-corrected chi connectivity index (χ4v) is 1.41. The highest BCUT2D eigenvalue weighted by molar-refractivity contribution is 6.04. The first-order valence-corrected chi connectivity index (χ1v) is 5.28. The molecule has 1 atom stereocenters. The van der Waals surface area contributed by atoms with Crippen LogP contribution in [0.5, 0.6) is 0 Å². The van der Waals surface area contributed by atoms with E-state index in [-0.39, 0.29) is 25.0 Å². The zero-order chi connectivity index (χ0) is 12.3. The van der Waals surface area contributed by atoms with Crippen LogP contribution < -0.4 is 10.6 Å². The molecule has 0 aliphatic carbocycles. The van der Waals surface area contributed by atoms with Gasteiger partial charge in [0.1, 0.15) is 12.6 Å². The summed E-state index contributed by atoms with van der Waals surface area (Å²) in [6.45, 7) is 5.54. The quantitative estimate of drug-likeness (QED) is 0.597. The van der Waals surface area contributed by atoms with Crippen molar-refractivity contribution < 1.29 is 14.4 Å².